The van der Waals surface area contributed by atoms with Crippen LogP contribution in [0.1, 0.15) is 19.8 Å². The van der Waals surface area contributed by atoms with Crippen LogP contribution in [0.15, 0.2) is 12.2 Å². The van der Waals surface area contributed by atoms with Crippen molar-refractivity contribution in [2.24, 2.45) is 0 Å². The summed E-state index contributed by atoms with van der Waals surface area (Å²) in [6, 6.07) is 0. The Bertz CT molecular complexity index is 207. The van der Waals surface area contributed by atoms with E-state index < -0.39 is 0 Å². The van der Waals surface area contributed by atoms with Crippen molar-refractivity contribution < 1.29 is 9.53 Å². The lowest BCUT2D eigenvalue weighted by molar-refractivity contribution is -0.135. The Morgan fingerprint density at radius 3 is 3.30 bits per heavy atom. The second-order valence-corrected chi connectivity index (χ2v) is 3.25. The molecule has 0 aromatic heterocycles. The van der Waals surface area contributed by atoms with Gasteiger partial charge in [0, 0.05) is 12.8 Å². The summed E-state index contributed by atoms with van der Waals surface area (Å²) in [7, 11) is 0. The van der Waals surface area contributed by atoms with Gasteiger partial charge < -0.3 is 4.74 Å². The lowest BCUT2D eigenvalue weighted by Gasteiger charge is -2.28. The number of hydrogen-bond acceptors (Lipinski definition) is 2. The molecule has 0 N–H and O–H groups in total. The molecule has 0 unspecified atom stereocenters. The molecule has 2 heteroatoms. The van der Waals surface area contributed by atoms with Crippen molar-refractivity contribution in [2.45, 2.75) is 31.5 Å². The first kappa shape index (κ1) is 6.10. The van der Waals surface area contributed by atoms with Crippen molar-refractivity contribution in [3.05, 3.63) is 12.2 Å². The average Bonchev–Trinajstić information content (AvgIpc) is 2.06. The van der Waals surface area contributed by atoms with E-state index >= 15 is 0 Å². The molecule has 1 saturated heterocycles. The van der Waals surface area contributed by atoms with Crippen LogP contribution in [-0.2, 0) is 9.53 Å². The molecule has 1 fully saturated rings. The van der Waals surface area contributed by atoms with Gasteiger partial charge in [0.1, 0.15) is 5.78 Å². The number of ether oxygens (including phenoxy) is 1. The minimum absolute atomic E-state index is 0.0752. The third-order valence-corrected chi connectivity index (χ3v) is 2.06. The molecular weight excluding hydrogens is 128 g/mol. The van der Waals surface area contributed by atoms with Crippen LogP contribution in [0.3, 0.4) is 0 Å². The summed E-state index contributed by atoms with van der Waals surface area (Å²) < 4.78 is 5.52. The van der Waals surface area contributed by atoms with Crippen LogP contribution in [0.2, 0.25) is 0 Å². The van der Waals surface area contributed by atoms with E-state index in [4.69, 9.17) is 4.74 Å². The van der Waals surface area contributed by atoms with Crippen LogP contribution in [0.4, 0.5) is 0 Å². The lowest BCUT2D eigenvalue weighted by Crippen LogP contribution is -2.35. The minimum atomic E-state index is -0.264. The summed E-state index contributed by atoms with van der Waals surface area (Å²) in [5, 5.41) is 0. The Labute approximate surface area is 59.9 Å². The molecular formula is C8H10O2. The van der Waals surface area contributed by atoms with Gasteiger partial charge in [-0.15, -0.1) is 0 Å². The summed E-state index contributed by atoms with van der Waals surface area (Å²) in [6.07, 6.45) is 5.20. The fraction of sp³-hybridized carbons (Fsp3) is 0.625. The molecule has 2 heterocycles. The maximum atomic E-state index is 11.0. The zero-order valence-corrected chi connectivity index (χ0v) is 5.96. The van der Waals surface area contributed by atoms with E-state index in [0.29, 0.717) is 18.6 Å². The number of carbonyl (C=O) groups is 1. The minimum Gasteiger partial charge on any atom is -0.363 e. The van der Waals surface area contributed by atoms with Gasteiger partial charge in [0.2, 0.25) is 0 Å². The van der Waals surface area contributed by atoms with E-state index in [9.17, 15) is 4.79 Å². The Morgan fingerprint density at radius 2 is 2.60 bits per heavy atom. The number of ketones is 1. The van der Waals surface area contributed by atoms with Gasteiger partial charge in [0.05, 0.1) is 11.7 Å². The third kappa shape index (κ3) is 0.797. The topological polar surface area (TPSA) is 26.3 Å². The fourth-order valence-corrected chi connectivity index (χ4v) is 1.63. The van der Waals surface area contributed by atoms with Gasteiger partial charge in [-0.2, -0.15) is 0 Å². The van der Waals surface area contributed by atoms with Crippen molar-refractivity contribution >= 4 is 5.78 Å². The molecule has 0 radical (unpaired) electrons. The van der Waals surface area contributed by atoms with Crippen molar-refractivity contribution in [3.8, 4) is 0 Å². The predicted octanol–water partition coefficient (Wildman–Crippen LogP) is 1.06. The molecule has 2 bridgehead atoms. The molecule has 2 rings (SSSR count). The second-order valence-electron chi connectivity index (χ2n) is 3.25. The molecule has 0 aromatic rings. The highest BCUT2D eigenvalue weighted by molar-refractivity contribution is 5.82. The molecule has 0 aliphatic carbocycles. The Morgan fingerprint density at radius 1 is 1.80 bits per heavy atom. The molecule has 2 atom stereocenters. The molecule has 2 aliphatic heterocycles. The molecule has 0 aromatic carbocycles. The number of fused-ring (bicyclic) bond motifs is 2. The van der Waals surface area contributed by atoms with E-state index in [1.807, 2.05) is 19.1 Å². The molecule has 0 spiro atoms. The Balaban J connectivity index is 2.27. The number of rotatable bonds is 0. The van der Waals surface area contributed by atoms with Gasteiger partial charge in [0.25, 0.3) is 0 Å². The number of Topliss-reactive ketones (excluding diaryl/α,β-unsaturated/α-hetero) is 1. The summed E-state index contributed by atoms with van der Waals surface area (Å²) in [5.41, 5.74) is -0.264. The van der Waals surface area contributed by atoms with Crippen LogP contribution in [0.25, 0.3) is 0 Å². The van der Waals surface area contributed by atoms with Gasteiger partial charge in [-0.05, 0) is 6.92 Å². The molecule has 0 saturated carbocycles. The standard InChI is InChI=1S/C8H10O2/c1-8-3-2-7(10-8)4-6(9)5-8/h2-3,7H,4-5H2,1H3/t7-,8+/m0/s1. The monoisotopic (exact) mass is 138 g/mol. The first-order valence-electron chi connectivity index (χ1n) is 3.57. The Hall–Kier alpha value is -0.630. The highest BCUT2D eigenvalue weighted by Crippen LogP contribution is 2.33. The molecule has 10 heavy (non-hydrogen) atoms. The van der Waals surface area contributed by atoms with Crippen molar-refractivity contribution in [1.82, 2.24) is 0 Å². The molecule has 54 valence electrons. The summed E-state index contributed by atoms with van der Waals surface area (Å²) >= 11 is 0. The first-order chi connectivity index (χ1) is 4.68. The van der Waals surface area contributed by atoms with Crippen molar-refractivity contribution in [3.63, 3.8) is 0 Å². The fourth-order valence-electron chi connectivity index (χ4n) is 1.63. The first-order valence-corrected chi connectivity index (χ1v) is 3.57. The Kier molecular flexibility index (Phi) is 1.04. The van der Waals surface area contributed by atoms with Gasteiger partial charge in [-0.1, -0.05) is 12.2 Å². The van der Waals surface area contributed by atoms with Crippen LogP contribution in [-0.4, -0.2) is 17.5 Å². The van der Waals surface area contributed by atoms with Crippen molar-refractivity contribution in [2.75, 3.05) is 0 Å². The summed E-state index contributed by atoms with van der Waals surface area (Å²) in [4.78, 5) is 11.0. The van der Waals surface area contributed by atoms with E-state index in [-0.39, 0.29) is 11.7 Å². The van der Waals surface area contributed by atoms with Crippen LogP contribution >= 0.6 is 0 Å². The quantitative estimate of drug-likeness (QED) is 0.468. The zero-order valence-electron chi connectivity index (χ0n) is 5.96. The number of carbonyl (C=O) groups excluding carboxylic acids is 1. The highest BCUT2D eigenvalue weighted by atomic mass is 16.5. The predicted molar refractivity (Wildman–Crippen MR) is 36.7 cm³/mol. The molecule has 2 aliphatic rings. The average molecular weight is 138 g/mol. The van der Waals surface area contributed by atoms with Crippen LogP contribution in [0, 0.1) is 0 Å². The van der Waals surface area contributed by atoms with Gasteiger partial charge in [-0.3, -0.25) is 4.79 Å². The lowest BCUT2D eigenvalue weighted by atomic mass is 9.97. The van der Waals surface area contributed by atoms with E-state index in [1.54, 1.807) is 0 Å². The SMILES string of the molecule is C[C@@]12C=C[C@@H](CC(=O)C1)O2. The maximum Gasteiger partial charge on any atom is 0.139 e. The molecule has 2 nitrogen and oxygen atoms in total. The van der Waals surface area contributed by atoms with E-state index in [0.717, 1.165) is 0 Å². The second kappa shape index (κ2) is 1.70. The van der Waals surface area contributed by atoms with Gasteiger partial charge in [0.15, 0.2) is 0 Å². The maximum absolute atomic E-state index is 11.0. The zero-order chi connectivity index (χ0) is 7.19. The summed E-state index contributed by atoms with van der Waals surface area (Å²) in [5.74, 6) is 0.323. The van der Waals surface area contributed by atoms with E-state index in [1.165, 1.54) is 0 Å². The number of hydrogen-bond donors (Lipinski definition) is 0. The van der Waals surface area contributed by atoms with Crippen LogP contribution < -0.4 is 0 Å². The normalized spacial score (nSPS) is 44.5. The highest BCUT2D eigenvalue weighted by Gasteiger charge is 2.38. The summed E-state index contributed by atoms with van der Waals surface area (Å²) in [6.45, 7) is 1.96. The third-order valence-electron chi connectivity index (χ3n) is 2.06. The van der Waals surface area contributed by atoms with Gasteiger partial charge >= 0.3 is 0 Å². The van der Waals surface area contributed by atoms with Crippen LogP contribution in [0.5, 0.6) is 0 Å². The van der Waals surface area contributed by atoms with Crippen molar-refractivity contribution in [1.29, 1.82) is 0 Å². The largest absolute Gasteiger partial charge is 0.363 e. The van der Waals surface area contributed by atoms with Gasteiger partial charge in [-0.25, -0.2) is 0 Å². The van der Waals surface area contributed by atoms with E-state index in [2.05, 4.69) is 0 Å². The molecule has 0 amide bonds. The smallest absolute Gasteiger partial charge is 0.139 e.